The number of fused-ring (bicyclic) bond motifs is 3. The molecule has 3 aliphatic rings. The topological polar surface area (TPSA) is 51.0 Å². The fourth-order valence-electron chi connectivity index (χ4n) is 3.40. The highest BCUT2D eigenvalue weighted by atomic mass is 16.5. The highest BCUT2D eigenvalue weighted by Crippen LogP contribution is 2.37. The van der Waals surface area contributed by atoms with Crippen molar-refractivity contribution in [3.63, 3.8) is 0 Å². The Morgan fingerprint density at radius 1 is 1.10 bits per heavy atom. The first kappa shape index (κ1) is 13.7. The number of benzene rings is 1. The maximum absolute atomic E-state index is 6.58. The summed E-state index contributed by atoms with van der Waals surface area (Å²) in [6.07, 6.45) is 0. The van der Waals surface area contributed by atoms with Gasteiger partial charge in [-0.15, -0.1) is 0 Å². The van der Waals surface area contributed by atoms with Crippen LogP contribution in [0, 0.1) is 0 Å². The average molecular weight is 277 g/mol. The molecule has 2 bridgehead atoms. The van der Waals surface area contributed by atoms with Crippen molar-refractivity contribution in [2.75, 3.05) is 46.9 Å². The molecular formula is C15H23N3O2. The van der Waals surface area contributed by atoms with Crippen LogP contribution in [-0.4, -0.2) is 62.8 Å². The van der Waals surface area contributed by atoms with E-state index in [4.69, 9.17) is 15.2 Å². The van der Waals surface area contributed by atoms with E-state index in [1.54, 1.807) is 14.2 Å². The minimum absolute atomic E-state index is 0.0933. The molecule has 3 saturated heterocycles. The molecule has 20 heavy (non-hydrogen) atoms. The fourth-order valence-corrected chi connectivity index (χ4v) is 3.40. The highest BCUT2D eigenvalue weighted by molar-refractivity contribution is 5.47. The molecule has 1 aromatic rings. The SMILES string of the molecule is COc1cccc(OC)c1C(N)C1CN2CCN1CC2. The van der Waals surface area contributed by atoms with Gasteiger partial charge in [0.15, 0.2) is 0 Å². The summed E-state index contributed by atoms with van der Waals surface area (Å²) in [5, 5.41) is 0. The Hall–Kier alpha value is -1.30. The number of piperazine rings is 3. The van der Waals surface area contributed by atoms with Crippen molar-refractivity contribution in [3.8, 4) is 11.5 Å². The molecule has 0 amide bonds. The minimum Gasteiger partial charge on any atom is -0.496 e. The summed E-state index contributed by atoms with van der Waals surface area (Å²) in [7, 11) is 3.36. The van der Waals surface area contributed by atoms with Crippen LogP contribution in [0.4, 0.5) is 0 Å². The molecule has 2 atom stereocenters. The fraction of sp³-hybridized carbons (Fsp3) is 0.600. The summed E-state index contributed by atoms with van der Waals surface area (Å²) in [5.41, 5.74) is 7.56. The smallest absolute Gasteiger partial charge is 0.127 e. The van der Waals surface area contributed by atoms with Crippen LogP contribution < -0.4 is 15.2 Å². The third-order valence-electron chi connectivity index (χ3n) is 4.53. The van der Waals surface area contributed by atoms with Crippen LogP contribution >= 0.6 is 0 Å². The van der Waals surface area contributed by atoms with E-state index in [9.17, 15) is 0 Å². The third kappa shape index (κ3) is 2.26. The average Bonchev–Trinajstić information content (AvgIpc) is 2.54. The largest absolute Gasteiger partial charge is 0.496 e. The lowest BCUT2D eigenvalue weighted by atomic mass is 9.93. The maximum atomic E-state index is 6.58. The predicted molar refractivity (Wildman–Crippen MR) is 78.3 cm³/mol. The molecule has 4 rings (SSSR count). The Kier molecular flexibility index (Phi) is 3.83. The van der Waals surface area contributed by atoms with E-state index in [0.717, 1.165) is 49.8 Å². The van der Waals surface area contributed by atoms with E-state index in [1.807, 2.05) is 18.2 Å². The van der Waals surface area contributed by atoms with Crippen molar-refractivity contribution >= 4 is 0 Å². The van der Waals surface area contributed by atoms with E-state index >= 15 is 0 Å². The van der Waals surface area contributed by atoms with Crippen molar-refractivity contribution in [2.45, 2.75) is 12.1 Å². The van der Waals surface area contributed by atoms with Crippen molar-refractivity contribution < 1.29 is 9.47 Å². The summed E-state index contributed by atoms with van der Waals surface area (Å²) in [6.45, 7) is 5.56. The lowest BCUT2D eigenvalue weighted by Crippen LogP contribution is -2.63. The summed E-state index contributed by atoms with van der Waals surface area (Å²) < 4.78 is 11.0. The first-order chi connectivity index (χ1) is 9.74. The first-order valence-corrected chi connectivity index (χ1v) is 7.17. The van der Waals surface area contributed by atoms with Gasteiger partial charge >= 0.3 is 0 Å². The van der Waals surface area contributed by atoms with Crippen LogP contribution in [0.1, 0.15) is 11.6 Å². The molecule has 5 heteroatoms. The zero-order valence-electron chi connectivity index (χ0n) is 12.2. The highest BCUT2D eigenvalue weighted by Gasteiger charge is 2.37. The van der Waals surface area contributed by atoms with Crippen LogP contribution in [-0.2, 0) is 0 Å². The molecule has 3 aliphatic heterocycles. The van der Waals surface area contributed by atoms with Crippen molar-refractivity contribution in [1.29, 1.82) is 0 Å². The van der Waals surface area contributed by atoms with Gasteiger partial charge in [-0.1, -0.05) is 6.07 Å². The molecule has 2 N–H and O–H groups in total. The Balaban J connectivity index is 1.92. The minimum atomic E-state index is -0.0933. The van der Waals surface area contributed by atoms with Crippen molar-refractivity contribution in [3.05, 3.63) is 23.8 Å². The summed E-state index contributed by atoms with van der Waals surface area (Å²) in [6, 6.07) is 6.08. The number of hydrogen-bond donors (Lipinski definition) is 1. The van der Waals surface area contributed by atoms with Crippen molar-refractivity contribution in [1.82, 2.24) is 9.80 Å². The van der Waals surface area contributed by atoms with E-state index in [0.29, 0.717) is 6.04 Å². The lowest BCUT2D eigenvalue weighted by Gasteiger charge is -2.49. The van der Waals surface area contributed by atoms with Crippen LogP contribution in [0.25, 0.3) is 0 Å². The van der Waals surface area contributed by atoms with Gasteiger partial charge in [0.05, 0.1) is 25.8 Å². The molecule has 0 aromatic heterocycles. The molecule has 2 unspecified atom stereocenters. The molecule has 1 aromatic carbocycles. The predicted octanol–water partition coefficient (Wildman–Crippen LogP) is 0.703. The number of ether oxygens (including phenoxy) is 2. The molecular weight excluding hydrogens is 254 g/mol. The first-order valence-electron chi connectivity index (χ1n) is 7.17. The normalized spacial score (nSPS) is 30.1. The number of rotatable bonds is 4. The second-order valence-corrected chi connectivity index (χ2v) is 5.51. The maximum Gasteiger partial charge on any atom is 0.127 e. The Bertz CT molecular complexity index is 450. The summed E-state index contributed by atoms with van der Waals surface area (Å²) >= 11 is 0. The molecule has 3 fully saturated rings. The van der Waals surface area contributed by atoms with Gasteiger partial charge in [-0.25, -0.2) is 0 Å². The van der Waals surface area contributed by atoms with Gasteiger partial charge in [0.2, 0.25) is 0 Å². The van der Waals surface area contributed by atoms with Crippen LogP contribution in [0.3, 0.4) is 0 Å². The van der Waals surface area contributed by atoms with Gasteiger partial charge in [0, 0.05) is 38.8 Å². The monoisotopic (exact) mass is 277 g/mol. The number of nitrogens with zero attached hydrogens (tertiary/aromatic N) is 2. The Morgan fingerprint density at radius 3 is 2.15 bits per heavy atom. The van der Waals surface area contributed by atoms with E-state index in [-0.39, 0.29) is 6.04 Å². The van der Waals surface area contributed by atoms with E-state index < -0.39 is 0 Å². The van der Waals surface area contributed by atoms with Gasteiger partial charge in [-0.3, -0.25) is 9.80 Å². The molecule has 0 aliphatic carbocycles. The molecule has 110 valence electrons. The van der Waals surface area contributed by atoms with Gasteiger partial charge in [0.1, 0.15) is 11.5 Å². The number of methoxy groups -OCH3 is 2. The lowest BCUT2D eigenvalue weighted by molar-refractivity contribution is 0.00158. The summed E-state index contributed by atoms with van der Waals surface area (Å²) in [4.78, 5) is 4.99. The number of hydrogen-bond acceptors (Lipinski definition) is 5. The second-order valence-electron chi connectivity index (χ2n) is 5.51. The Morgan fingerprint density at radius 2 is 1.70 bits per heavy atom. The van der Waals surface area contributed by atoms with Gasteiger partial charge in [-0.2, -0.15) is 0 Å². The molecule has 5 nitrogen and oxygen atoms in total. The second kappa shape index (κ2) is 5.60. The zero-order valence-corrected chi connectivity index (χ0v) is 12.2. The zero-order chi connectivity index (χ0) is 14.1. The molecule has 0 spiro atoms. The summed E-state index contributed by atoms with van der Waals surface area (Å²) in [5.74, 6) is 1.63. The third-order valence-corrected chi connectivity index (χ3v) is 4.53. The van der Waals surface area contributed by atoms with Gasteiger partial charge in [0.25, 0.3) is 0 Å². The van der Waals surface area contributed by atoms with Crippen LogP contribution in [0.5, 0.6) is 11.5 Å². The van der Waals surface area contributed by atoms with E-state index in [1.165, 1.54) is 0 Å². The van der Waals surface area contributed by atoms with Crippen molar-refractivity contribution in [2.24, 2.45) is 5.73 Å². The van der Waals surface area contributed by atoms with Crippen LogP contribution in [0.2, 0.25) is 0 Å². The van der Waals surface area contributed by atoms with E-state index in [2.05, 4.69) is 9.80 Å². The molecule has 0 saturated carbocycles. The molecule has 0 radical (unpaired) electrons. The number of nitrogens with two attached hydrogens (primary N) is 1. The molecule has 3 heterocycles. The van der Waals surface area contributed by atoms with Gasteiger partial charge < -0.3 is 15.2 Å². The quantitative estimate of drug-likeness (QED) is 0.878. The van der Waals surface area contributed by atoms with Gasteiger partial charge in [-0.05, 0) is 12.1 Å². The standard InChI is InChI=1S/C15H23N3O2/c1-19-12-4-3-5-13(20-2)14(12)15(16)11-10-17-6-8-18(11)9-7-17/h3-5,11,15H,6-10,16H2,1-2H3. The van der Waals surface area contributed by atoms with Crippen LogP contribution in [0.15, 0.2) is 18.2 Å². The Labute approximate surface area is 120 Å².